The smallest absolute Gasteiger partial charge is 0.339 e. The highest BCUT2D eigenvalue weighted by Crippen LogP contribution is 2.30. The maximum atomic E-state index is 12.5. The molecule has 1 aromatic carbocycles. The number of carbonyl (C=O) groups excluding carboxylic acids is 1. The van der Waals surface area contributed by atoms with E-state index in [4.69, 9.17) is 4.74 Å². The standard InChI is InChI=1S/C25H27N5O2/c1-4-10-26-17(3)14-32-25(31)20-12-19-11-18(8-9-21(19)27-13-20)23-24(29-15-28-23)22-7-5-6-16(2)30-22/h5-9,11-13,15,17,26H,4,10,14H2,1-3H3,(H,28,29)/t17-/m0/s1. The van der Waals surface area contributed by atoms with Crippen LogP contribution in [0.3, 0.4) is 0 Å². The number of ether oxygens (including phenoxy) is 1. The van der Waals surface area contributed by atoms with Gasteiger partial charge in [-0.1, -0.05) is 19.1 Å². The summed E-state index contributed by atoms with van der Waals surface area (Å²) in [5, 5.41) is 4.15. The van der Waals surface area contributed by atoms with Gasteiger partial charge >= 0.3 is 5.97 Å². The Morgan fingerprint density at radius 2 is 2.06 bits per heavy atom. The van der Waals surface area contributed by atoms with Crippen molar-refractivity contribution in [2.24, 2.45) is 0 Å². The molecule has 0 aliphatic rings. The van der Waals surface area contributed by atoms with E-state index in [2.05, 4.69) is 32.2 Å². The zero-order chi connectivity index (χ0) is 22.5. The average Bonchev–Trinajstić information content (AvgIpc) is 3.30. The largest absolute Gasteiger partial charge is 0.460 e. The third-order valence-corrected chi connectivity index (χ3v) is 5.18. The topological polar surface area (TPSA) is 92.8 Å². The number of rotatable bonds is 8. The Balaban J connectivity index is 1.59. The molecule has 7 heteroatoms. The Hall–Kier alpha value is -3.58. The number of hydrogen-bond donors (Lipinski definition) is 2. The van der Waals surface area contributed by atoms with Crippen LogP contribution < -0.4 is 5.32 Å². The lowest BCUT2D eigenvalue weighted by atomic mass is 10.0. The second kappa shape index (κ2) is 9.70. The van der Waals surface area contributed by atoms with Crippen LogP contribution in [-0.4, -0.2) is 45.1 Å². The molecule has 0 radical (unpaired) electrons. The fraction of sp³-hybridized carbons (Fsp3) is 0.280. The molecule has 3 aromatic heterocycles. The summed E-state index contributed by atoms with van der Waals surface area (Å²) in [6.45, 7) is 7.27. The molecule has 0 fully saturated rings. The summed E-state index contributed by atoms with van der Waals surface area (Å²) < 4.78 is 5.46. The van der Waals surface area contributed by atoms with Crippen molar-refractivity contribution in [1.29, 1.82) is 0 Å². The van der Waals surface area contributed by atoms with Crippen molar-refractivity contribution in [3.05, 3.63) is 66.2 Å². The highest BCUT2D eigenvalue weighted by molar-refractivity contribution is 5.95. The van der Waals surface area contributed by atoms with E-state index < -0.39 is 0 Å². The van der Waals surface area contributed by atoms with Gasteiger partial charge in [-0.05, 0) is 57.1 Å². The highest BCUT2D eigenvalue weighted by Gasteiger charge is 2.14. The molecule has 0 spiro atoms. The Morgan fingerprint density at radius 1 is 1.19 bits per heavy atom. The van der Waals surface area contributed by atoms with Gasteiger partial charge in [0.2, 0.25) is 0 Å². The molecule has 0 saturated carbocycles. The number of pyridine rings is 2. The van der Waals surface area contributed by atoms with Crippen LogP contribution in [0.1, 0.15) is 36.3 Å². The molecule has 32 heavy (non-hydrogen) atoms. The molecule has 2 N–H and O–H groups in total. The Kier molecular flexibility index (Phi) is 6.56. The van der Waals surface area contributed by atoms with Crippen LogP contribution >= 0.6 is 0 Å². The summed E-state index contributed by atoms with van der Waals surface area (Å²) in [6.07, 6.45) is 4.26. The zero-order valence-electron chi connectivity index (χ0n) is 18.6. The monoisotopic (exact) mass is 429 g/mol. The van der Waals surface area contributed by atoms with Crippen LogP contribution in [0.15, 0.2) is 55.0 Å². The van der Waals surface area contributed by atoms with Gasteiger partial charge in [0.1, 0.15) is 6.61 Å². The quantitative estimate of drug-likeness (QED) is 0.400. The number of fused-ring (bicyclic) bond motifs is 1. The number of carbonyl (C=O) groups is 1. The number of esters is 1. The number of hydrogen-bond acceptors (Lipinski definition) is 6. The summed E-state index contributed by atoms with van der Waals surface area (Å²) in [5.41, 5.74) is 5.57. The first-order valence-electron chi connectivity index (χ1n) is 10.8. The molecule has 164 valence electrons. The van der Waals surface area contributed by atoms with Crippen molar-refractivity contribution < 1.29 is 9.53 Å². The molecular weight excluding hydrogens is 402 g/mol. The second-order valence-electron chi connectivity index (χ2n) is 7.88. The molecule has 7 nitrogen and oxygen atoms in total. The van der Waals surface area contributed by atoms with Crippen LogP contribution in [0.5, 0.6) is 0 Å². The molecule has 0 bridgehead atoms. The van der Waals surface area contributed by atoms with Gasteiger partial charge in [0.05, 0.1) is 34.5 Å². The van der Waals surface area contributed by atoms with E-state index in [1.165, 1.54) is 0 Å². The van der Waals surface area contributed by atoms with E-state index in [0.29, 0.717) is 12.2 Å². The molecule has 0 amide bonds. The Bertz CT molecular complexity index is 1230. The van der Waals surface area contributed by atoms with Gasteiger partial charge in [0.15, 0.2) is 0 Å². The van der Waals surface area contributed by atoms with Crippen molar-refractivity contribution in [1.82, 2.24) is 25.3 Å². The molecule has 0 unspecified atom stereocenters. The number of nitrogens with one attached hydrogen (secondary N) is 2. The summed E-state index contributed by atoms with van der Waals surface area (Å²) in [4.78, 5) is 29.3. The van der Waals surface area contributed by atoms with Crippen LogP contribution in [0.4, 0.5) is 0 Å². The molecule has 0 saturated heterocycles. The normalized spacial score (nSPS) is 12.1. The molecule has 4 rings (SSSR count). The van der Waals surface area contributed by atoms with Crippen LogP contribution in [0.25, 0.3) is 33.5 Å². The van der Waals surface area contributed by atoms with E-state index in [1.54, 1.807) is 12.5 Å². The third-order valence-electron chi connectivity index (χ3n) is 5.18. The summed E-state index contributed by atoms with van der Waals surface area (Å²) in [5.74, 6) is -0.376. The van der Waals surface area contributed by atoms with Crippen molar-refractivity contribution in [3.8, 4) is 22.6 Å². The van der Waals surface area contributed by atoms with Crippen LogP contribution in [0.2, 0.25) is 0 Å². The number of aryl methyl sites for hydroxylation is 1. The predicted octanol–water partition coefficient (Wildman–Crippen LogP) is 4.54. The first-order valence-corrected chi connectivity index (χ1v) is 10.8. The predicted molar refractivity (Wildman–Crippen MR) is 125 cm³/mol. The summed E-state index contributed by atoms with van der Waals surface area (Å²) in [7, 11) is 0. The summed E-state index contributed by atoms with van der Waals surface area (Å²) >= 11 is 0. The minimum absolute atomic E-state index is 0.104. The number of aromatic nitrogens is 4. The highest BCUT2D eigenvalue weighted by atomic mass is 16.5. The number of aromatic amines is 1. The number of benzene rings is 1. The molecule has 0 aliphatic carbocycles. The Labute approximate surface area is 187 Å². The molecular formula is C25H27N5O2. The first-order chi connectivity index (χ1) is 15.5. The number of H-pyrrole nitrogens is 1. The van der Waals surface area contributed by atoms with Crippen LogP contribution in [0, 0.1) is 6.92 Å². The lowest BCUT2D eigenvalue weighted by Gasteiger charge is -2.13. The minimum Gasteiger partial charge on any atom is -0.460 e. The van der Waals surface area contributed by atoms with Gasteiger partial charge in [0.25, 0.3) is 0 Å². The SMILES string of the molecule is CCCN[C@@H](C)COC(=O)c1cnc2ccc(-c3nc[nH]c3-c3cccc(C)n3)cc2c1. The van der Waals surface area contributed by atoms with Gasteiger partial charge < -0.3 is 15.0 Å². The Morgan fingerprint density at radius 3 is 2.88 bits per heavy atom. The first kappa shape index (κ1) is 21.6. The van der Waals surface area contributed by atoms with E-state index in [9.17, 15) is 4.79 Å². The van der Waals surface area contributed by atoms with E-state index in [-0.39, 0.29) is 12.0 Å². The average molecular weight is 430 g/mol. The van der Waals surface area contributed by atoms with Crippen LogP contribution in [-0.2, 0) is 4.74 Å². The molecule has 1 atom stereocenters. The van der Waals surface area contributed by atoms with Crippen molar-refractivity contribution >= 4 is 16.9 Å². The fourth-order valence-corrected chi connectivity index (χ4v) is 3.51. The lowest BCUT2D eigenvalue weighted by molar-refractivity contribution is 0.0472. The van der Waals surface area contributed by atoms with Crippen molar-refractivity contribution in [2.45, 2.75) is 33.2 Å². The van der Waals surface area contributed by atoms with Gasteiger partial charge in [-0.15, -0.1) is 0 Å². The third kappa shape index (κ3) is 4.84. The van der Waals surface area contributed by atoms with Gasteiger partial charge in [-0.3, -0.25) is 9.97 Å². The second-order valence-corrected chi connectivity index (χ2v) is 7.88. The van der Waals surface area contributed by atoms with Crippen molar-refractivity contribution in [2.75, 3.05) is 13.2 Å². The number of nitrogens with zero attached hydrogens (tertiary/aromatic N) is 3. The number of imidazole rings is 1. The maximum absolute atomic E-state index is 12.5. The van der Waals surface area contributed by atoms with E-state index in [1.807, 2.05) is 56.3 Å². The molecule has 4 aromatic rings. The molecule has 3 heterocycles. The summed E-state index contributed by atoms with van der Waals surface area (Å²) in [6, 6.07) is 13.7. The maximum Gasteiger partial charge on any atom is 0.339 e. The van der Waals surface area contributed by atoms with E-state index in [0.717, 1.165) is 52.2 Å². The van der Waals surface area contributed by atoms with Gasteiger partial charge in [0, 0.05) is 28.9 Å². The van der Waals surface area contributed by atoms with Gasteiger partial charge in [-0.25, -0.2) is 9.78 Å². The fourth-order valence-electron chi connectivity index (χ4n) is 3.51. The van der Waals surface area contributed by atoms with E-state index >= 15 is 0 Å². The zero-order valence-corrected chi connectivity index (χ0v) is 18.6. The van der Waals surface area contributed by atoms with Gasteiger partial charge in [-0.2, -0.15) is 0 Å². The lowest BCUT2D eigenvalue weighted by Crippen LogP contribution is -2.32. The molecule has 0 aliphatic heterocycles. The minimum atomic E-state index is -0.376. The van der Waals surface area contributed by atoms with Crippen molar-refractivity contribution in [3.63, 3.8) is 0 Å².